The zero-order valence-corrected chi connectivity index (χ0v) is 22.2. The summed E-state index contributed by atoms with van der Waals surface area (Å²) in [7, 11) is 0. The molecule has 1 heterocycles. The quantitative estimate of drug-likeness (QED) is 0.438. The van der Waals surface area contributed by atoms with Crippen LogP contribution in [0.1, 0.15) is 88.6 Å². The fourth-order valence-corrected chi connectivity index (χ4v) is 4.46. The molecule has 0 aliphatic carbocycles. The van der Waals surface area contributed by atoms with Crippen LogP contribution in [0.4, 0.5) is 0 Å². The number of aromatic nitrogens is 1. The fourth-order valence-electron chi connectivity index (χ4n) is 4.46. The Labute approximate surface area is 205 Å². The number of amides is 1. The number of carbonyl (C=O) groups is 1. The van der Waals surface area contributed by atoms with Gasteiger partial charge in [0.2, 0.25) is 0 Å². The maximum Gasteiger partial charge on any atom is 0.268 e. The number of nitrogens with one attached hydrogen (secondary N) is 1. The molecule has 6 heteroatoms. The van der Waals surface area contributed by atoms with Gasteiger partial charge in [0.1, 0.15) is 18.1 Å². The molecule has 0 bridgehead atoms. The third-order valence-corrected chi connectivity index (χ3v) is 7.00. The molecule has 34 heavy (non-hydrogen) atoms. The molecule has 1 amide bonds. The minimum absolute atomic E-state index is 0.0975. The normalized spacial score (nSPS) is 14.1. The predicted octanol–water partition coefficient (Wildman–Crippen LogP) is 4.82. The highest BCUT2D eigenvalue weighted by atomic mass is 16.5. The number of aryl methyl sites for hydroxylation is 1. The molecular weight excluding hydrogens is 428 g/mol. The van der Waals surface area contributed by atoms with Crippen molar-refractivity contribution in [3.8, 4) is 5.75 Å². The number of carbonyl (C=O) groups excluding carboxylic acids is 1. The van der Waals surface area contributed by atoms with Gasteiger partial charge in [-0.15, -0.1) is 0 Å². The van der Waals surface area contributed by atoms with Crippen LogP contribution in [0.15, 0.2) is 30.3 Å². The molecule has 0 aliphatic rings. The van der Waals surface area contributed by atoms with Crippen LogP contribution in [-0.2, 0) is 12.0 Å². The molecule has 0 fully saturated rings. The zero-order valence-electron chi connectivity index (χ0n) is 22.2. The molecule has 3 N–H and O–H groups in total. The van der Waals surface area contributed by atoms with Gasteiger partial charge in [-0.25, -0.2) is 0 Å². The van der Waals surface area contributed by atoms with Gasteiger partial charge in [0.25, 0.3) is 5.91 Å². The summed E-state index contributed by atoms with van der Waals surface area (Å²) in [6, 6.07) is 9.93. The second kappa shape index (κ2) is 11.4. The van der Waals surface area contributed by atoms with Crippen LogP contribution in [0.3, 0.4) is 0 Å². The Morgan fingerprint density at radius 3 is 2.26 bits per heavy atom. The van der Waals surface area contributed by atoms with Crippen molar-refractivity contribution >= 4 is 5.91 Å². The van der Waals surface area contributed by atoms with E-state index in [9.17, 15) is 15.0 Å². The predicted molar refractivity (Wildman–Crippen MR) is 138 cm³/mol. The molecule has 0 spiro atoms. The minimum Gasteiger partial charge on any atom is -0.491 e. The van der Waals surface area contributed by atoms with Gasteiger partial charge in [0.15, 0.2) is 0 Å². The van der Waals surface area contributed by atoms with E-state index < -0.39 is 6.10 Å². The molecule has 2 atom stereocenters. The molecule has 1 aromatic carbocycles. The molecule has 2 rings (SSSR count). The van der Waals surface area contributed by atoms with Crippen molar-refractivity contribution in [2.75, 3.05) is 13.2 Å². The van der Waals surface area contributed by atoms with Gasteiger partial charge >= 0.3 is 0 Å². The van der Waals surface area contributed by atoms with Crippen LogP contribution in [0.2, 0.25) is 0 Å². The van der Waals surface area contributed by atoms with Gasteiger partial charge < -0.3 is 24.8 Å². The summed E-state index contributed by atoms with van der Waals surface area (Å²) in [4.78, 5) is 12.9. The minimum atomic E-state index is -0.553. The Balaban J connectivity index is 2.44. The number of aliphatic hydroxyl groups is 2. The van der Waals surface area contributed by atoms with Gasteiger partial charge in [-0.05, 0) is 68.4 Å². The Morgan fingerprint density at radius 2 is 1.76 bits per heavy atom. The molecule has 1 unspecified atom stereocenters. The first-order valence-electron chi connectivity index (χ1n) is 12.5. The second-order valence-corrected chi connectivity index (χ2v) is 10.4. The van der Waals surface area contributed by atoms with Crippen LogP contribution in [0, 0.1) is 12.3 Å². The number of aliphatic hydroxyl groups excluding tert-OH is 2. The lowest BCUT2D eigenvalue weighted by molar-refractivity contribution is 0.0216. The molecule has 1 aromatic heterocycles. The first kappa shape index (κ1) is 27.9. The maximum absolute atomic E-state index is 12.9. The smallest absolute Gasteiger partial charge is 0.268 e. The number of benzene rings is 1. The van der Waals surface area contributed by atoms with Crippen molar-refractivity contribution in [2.24, 2.45) is 5.41 Å². The average Bonchev–Trinajstić information content (AvgIpc) is 3.23. The van der Waals surface area contributed by atoms with E-state index in [-0.39, 0.29) is 36.0 Å². The molecule has 190 valence electrons. The average molecular weight is 473 g/mol. The Morgan fingerprint density at radius 1 is 1.12 bits per heavy atom. The molecule has 0 saturated carbocycles. The number of hydrogen-bond donors (Lipinski definition) is 3. The van der Waals surface area contributed by atoms with E-state index in [0.717, 1.165) is 29.8 Å². The first-order valence-corrected chi connectivity index (χ1v) is 12.5. The standard InChI is InChI=1S/C28H44N2O4/c1-9-28(10-2,24-15-13-22(30(24)11-3)26(33)29-20(5)17-31)21-12-14-23(19(4)16-21)34-18-25(32)27(6,7)8/h12-16,20,25,31-32H,9-11,17-18H2,1-8H3,(H,29,33)/t20-,25?/m0/s1. The maximum atomic E-state index is 12.9. The second-order valence-electron chi connectivity index (χ2n) is 10.4. The lowest BCUT2D eigenvalue weighted by atomic mass is 9.72. The molecule has 0 radical (unpaired) electrons. The van der Waals surface area contributed by atoms with E-state index in [4.69, 9.17) is 4.74 Å². The van der Waals surface area contributed by atoms with Crippen LogP contribution < -0.4 is 10.1 Å². The van der Waals surface area contributed by atoms with Crippen molar-refractivity contribution in [2.45, 2.75) is 92.3 Å². The van der Waals surface area contributed by atoms with E-state index >= 15 is 0 Å². The largest absolute Gasteiger partial charge is 0.491 e. The van der Waals surface area contributed by atoms with Gasteiger partial charge in [-0.2, -0.15) is 0 Å². The van der Waals surface area contributed by atoms with Gasteiger partial charge in [0, 0.05) is 23.7 Å². The van der Waals surface area contributed by atoms with Crippen molar-refractivity contribution in [1.82, 2.24) is 9.88 Å². The van der Waals surface area contributed by atoms with Crippen molar-refractivity contribution < 1.29 is 19.7 Å². The Hall–Kier alpha value is -2.31. The van der Waals surface area contributed by atoms with E-state index in [1.165, 1.54) is 5.56 Å². The molecular formula is C28H44N2O4. The number of rotatable bonds is 11. The highest BCUT2D eigenvalue weighted by molar-refractivity contribution is 5.93. The van der Waals surface area contributed by atoms with E-state index in [0.29, 0.717) is 12.2 Å². The molecule has 0 saturated heterocycles. The highest BCUT2D eigenvalue weighted by Crippen LogP contribution is 2.41. The Bertz CT molecular complexity index is 954. The van der Waals surface area contributed by atoms with Crippen molar-refractivity contribution in [1.29, 1.82) is 0 Å². The Kier molecular flexibility index (Phi) is 9.37. The lowest BCUT2D eigenvalue weighted by Crippen LogP contribution is -2.37. The third-order valence-electron chi connectivity index (χ3n) is 7.00. The number of ether oxygens (including phenoxy) is 1. The van der Waals surface area contributed by atoms with Gasteiger partial charge in [0.05, 0.1) is 12.7 Å². The van der Waals surface area contributed by atoms with Crippen LogP contribution in [0.25, 0.3) is 0 Å². The topological polar surface area (TPSA) is 83.7 Å². The van der Waals surface area contributed by atoms with Gasteiger partial charge in [-0.3, -0.25) is 4.79 Å². The van der Waals surface area contributed by atoms with Crippen LogP contribution >= 0.6 is 0 Å². The summed E-state index contributed by atoms with van der Waals surface area (Å²) in [6.07, 6.45) is 1.21. The summed E-state index contributed by atoms with van der Waals surface area (Å²) >= 11 is 0. The SMILES string of the molecule is CCn1c(C(=O)N[C@@H](C)CO)ccc1C(CC)(CC)c1ccc(OCC(O)C(C)(C)C)c(C)c1. The van der Waals surface area contributed by atoms with Crippen molar-refractivity contribution in [3.63, 3.8) is 0 Å². The summed E-state index contributed by atoms with van der Waals surface area (Å²) in [5.74, 6) is 0.602. The molecule has 0 aliphatic heterocycles. The summed E-state index contributed by atoms with van der Waals surface area (Å²) in [5, 5.41) is 22.5. The first-order chi connectivity index (χ1) is 15.9. The third kappa shape index (κ3) is 5.84. The van der Waals surface area contributed by atoms with Crippen LogP contribution in [0.5, 0.6) is 5.75 Å². The van der Waals surface area contributed by atoms with Crippen molar-refractivity contribution in [3.05, 3.63) is 52.8 Å². The zero-order chi connectivity index (χ0) is 25.7. The van der Waals surface area contributed by atoms with E-state index in [1.54, 1.807) is 6.92 Å². The van der Waals surface area contributed by atoms with Gasteiger partial charge in [-0.1, -0.05) is 46.8 Å². The number of nitrogens with zero attached hydrogens (tertiary/aromatic N) is 1. The van der Waals surface area contributed by atoms with Crippen LogP contribution in [-0.4, -0.2) is 46.0 Å². The molecule has 2 aromatic rings. The van der Waals surface area contributed by atoms with E-state index in [1.807, 2.05) is 39.8 Å². The summed E-state index contributed by atoms with van der Waals surface area (Å²) in [6.45, 7) is 17.0. The summed E-state index contributed by atoms with van der Waals surface area (Å²) in [5.41, 5.74) is 3.43. The highest BCUT2D eigenvalue weighted by Gasteiger charge is 2.35. The van der Waals surface area contributed by atoms with E-state index in [2.05, 4.69) is 48.9 Å². The lowest BCUT2D eigenvalue weighted by Gasteiger charge is -2.35. The summed E-state index contributed by atoms with van der Waals surface area (Å²) < 4.78 is 8.05. The molecule has 6 nitrogen and oxygen atoms in total. The monoisotopic (exact) mass is 472 g/mol. The number of hydrogen-bond acceptors (Lipinski definition) is 4. The fraction of sp³-hybridized carbons (Fsp3) is 0.607.